The number of para-hydroxylation sites is 4. The van der Waals surface area contributed by atoms with E-state index in [1.54, 1.807) is 0 Å². The first-order valence-electron chi connectivity index (χ1n) is 17.2. The first-order chi connectivity index (χ1) is 24.3. The van der Waals surface area contributed by atoms with Crippen LogP contribution < -0.4 is 10.9 Å². The van der Waals surface area contributed by atoms with E-state index < -0.39 is 0 Å². The van der Waals surface area contributed by atoms with Gasteiger partial charge in [0.05, 0.1) is 16.7 Å². The van der Waals surface area contributed by atoms with Crippen molar-refractivity contribution < 1.29 is 0 Å². The van der Waals surface area contributed by atoms with E-state index in [2.05, 4.69) is 161 Å². The molecular formula is C46H25BN2. The molecule has 2 nitrogen and oxygen atoms in total. The fraction of sp³-hybridized carbons (Fsp3) is 0. The van der Waals surface area contributed by atoms with Gasteiger partial charge in [0.25, 0.3) is 0 Å². The Balaban J connectivity index is 1.31. The molecule has 9 aromatic carbocycles. The fourth-order valence-corrected chi connectivity index (χ4v) is 10.0. The monoisotopic (exact) mass is 616 g/mol. The highest BCUT2D eigenvalue weighted by molar-refractivity contribution is 6.90. The van der Waals surface area contributed by atoms with Crippen LogP contribution in [0.25, 0.3) is 104 Å². The number of hydrogen-bond donors (Lipinski definition) is 0. The third-order valence-corrected chi connectivity index (χ3v) is 11.8. The second kappa shape index (κ2) is 8.39. The standard InChI is InChI=1S/C46H25BN2/c1-2-10-26(11-3-1)29-24-27-20-22-34-41-36(23-21-28(25-29)40(27)41)46-43-42(34)35-16-8-14-32-31-13-5-7-19-39(31)49(44(32)35)47(43)37-17-9-15-33-30-12-4-6-18-38(30)48(46)45(33)37/h1-25H. The van der Waals surface area contributed by atoms with Crippen LogP contribution in [-0.2, 0) is 0 Å². The first kappa shape index (κ1) is 24.8. The third-order valence-electron chi connectivity index (χ3n) is 11.8. The quantitative estimate of drug-likeness (QED) is 0.128. The molecule has 0 amide bonds. The summed E-state index contributed by atoms with van der Waals surface area (Å²) in [5.74, 6) is 0. The SMILES string of the molecule is c1ccc(-c2cc3ccc4c5c6c(c7ccc(c2)c3c47)-n2c3ccccc3c3cccc(c32)B6n2c3ccccc3c3cccc-5c32)cc1. The summed E-state index contributed by atoms with van der Waals surface area (Å²) in [6.45, 7) is 0.0504. The van der Waals surface area contributed by atoms with Gasteiger partial charge in [-0.05, 0) is 73.4 Å². The number of fused-ring (bicyclic) bond motifs is 12. The number of benzene rings is 9. The summed E-state index contributed by atoms with van der Waals surface area (Å²) in [4.78, 5) is 0. The minimum Gasteiger partial charge on any atom is -0.375 e. The maximum absolute atomic E-state index is 2.67. The van der Waals surface area contributed by atoms with Crippen LogP contribution in [0.1, 0.15) is 0 Å². The van der Waals surface area contributed by atoms with E-state index in [1.807, 2.05) is 0 Å². The molecule has 49 heavy (non-hydrogen) atoms. The van der Waals surface area contributed by atoms with Crippen molar-refractivity contribution in [2.75, 3.05) is 0 Å². The van der Waals surface area contributed by atoms with Crippen molar-refractivity contribution in [3.05, 3.63) is 152 Å². The molecule has 0 aliphatic carbocycles. The van der Waals surface area contributed by atoms with Gasteiger partial charge in [0.1, 0.15) is 0 Å². The summed E-state index contributed by atoms with van der Waals surface area (Å²) in [6, 6.07) is 57.1. The average Bonchev–Trinajstić information content (AvgIpc) is 3.68. The Labute approximate surface area is 281 Å². The van der Waals surface area contributed by atoms with Crippen molar-refractivity contribution >= 4 is 93.7 Å². The molecule has 2 aliphatic heterocycles. The van der Waals surface area contributed by atoms with Crippen LogP contribution in [0.4, 0.5) is 0 Å². The van der Waals surface area contributed by atoms with Gasteiger partial charge in [-0.3, -0.25) is 0 Å². The molecule has 0 bridgehead atoms. The number of hydrogen-bond acceptors (Lipinski definition) is 0. The molecule has 3 heteroatoms. The summed E-state index contributed by atoms with van der Waals surface area (Å²) >= 11 is 0. The summed E-state index contributed by atoms with van der Waals surface area (Å²) in [5.41, 5.74) is 14.6. The van der Waals surface area contributed by atoms with Crippen molar-refractivity contribution in [3.63, 3.8) is 0 Å². The first-order valence-corrected chi connectivity index (χ1v) is 17.2. The Kier molecular flexibility index (Phi) is 4.25. The van der Waals surface area contributed by atoms with E-state index in [-0.39, 0.29) is 6.85 Å². The van der Waals surface area contributed by atoms with E-state index in [0.717, 1.165) is 0 Å². The highest BCUT2D eigenvalue weighted by atomic mass is 15.0. The molecule has 0 fully saturated rings. The summed E-state index contributed by atoms with van der Waals surface area (Å²) in [5, 5.41) is 13.3. The predicted octanol–water partition coefficient (Wildman–Crippen LogP) is 10.4. The molecule has 2 aromatic heterocycles. The molecule has 0 saturated carbocycles. The van der Waals surface area contributed by atoms with Gasteiger partial charge in [0.2, 0.25) is 0 Å². The van der Waals surface area contributed by atoms with E-state index in [1.165, 1.54) is 115 Å². The van der Waals surface area contributed by atoms with Crippen molar-refractivity contribution in [2.45, 2.75) is 0 Å². The molecule has 0 N–H and O–H groups in total. The summed E-state index contributed by atoms with van der Waals surface area (Å²) in [6.07, 6.45) is 0. The Morgan fingerprint density at radius 2 is 1.08 bits per heavy atom. The lowest BCUT2D eigenvalue weighted by molar-refractivity contribution is 1.19. The Hall–Kier alpha value is -6.32. The van der Waals surface area contributed by atoms with E-state index in [9.17, 15) is 0 Å². The smallest absolute Gasteiger partial charge is 0.333 e. The number of rotatable bonds is 1. The van der Waals surface area contributed by atoms with Gasteiger partial charge < -0.3 is 9.05 Å². The molecule has 0 saturated heterocycles. The predicted molar refractivity (Wildman–Crippen MR) is 209 cm³/mol. The maximum Gasteiger partial charge on any atom is 0.333 e. The molecule has 13 rings (SSSR count). The second-order valence-corrected chi connectivity index (χ2v) is 14.0. The number of nitrogens with zero attached hydrogens (tertiary/aromatic N) is 2. The number of aromatic nitrogens is 2. The van der Waals surface area contributed by atoms with Crippen molar-refractivity contribution in [1.82, 2.24) is 9.05 Å². The summed E-state index contributed by atoms with van der Waals surface area (Å²) < 4.78 is 5.29. The molecule has 0 unspecified atom stereocenters. The zero-order valence-corrected chi connectivity index (χ0v) is 26.4. The van der Waals surface area contributed by atoms with Crippen molar-refractivity contribution in [3.8, 4) is 27.9 Å². The molecule has 0 atom stereocenters. The second-order valence-electron chi connectivity index (χ2n) is 14.0. The lowest BCUT2D eigenvalue weighted by Crippen LogP contribution is -2.55. The van der Waals surface area contributed by atoms with Gasteiger partial charge in [-0.25, -0.2) is 0 Å². The van der Waals surface area contributed by atoms with Crippen LogP contribution in [0, 0.1) is 0 Å². The largest absolute Gasteiger partial charge is 0.375 e. The highest BCUT2D eigenvalue weighted by Gasteiger charge is 2.43. The zero-order chi connectivity index (χ0) is 31.5. The third kappa shape index (κ3) is 2.78. The molecule has 222 valence electrons. The lowest BCUT2D eigenvalue weighted by Gasteiger charge is -2.36. The normalized spacial score (nSPS) is 13.3. The van der Waals surface area contributed by atoms with Crippen LogP contribution in [-0.4, -0.2) is 15.9 Å². The van der Waals surface area contributed by atoms with Gasteiger partial charge in [-0.15, -0.1) is 0 Å². The van der Waals surface area contributed by atoms with Crippen LogP contribution in [0.2, 0.25) is 0 Å². The topological polar surface area (TPSA) is 9.86 Å². The Morgan fingerprint density at radius 3 is 1.90 bits per heavy atom. The van der Waals surface area contributed by atoms with Gasteiger partial charge in [0, 0.05) is 48.9 Å². The zero-order valence-electron chi connectivity index (χ0n) is 26.4. The van der Waals surface area contributed by atoms with Crippen LogP contribution in [0.5, 0.6) is 0 Å². The van der Waals surface area contributed by atoms with E-state index in [0.29, 0.717) is 0 Å². The molecule has 0 radical (unpaired) electrons. The molecule has 2 aliphatic rings. The fourth-order valence-electron chi connectivity index (χ4n) is 10.0. The van der Waals surface area contributed by atoms with Crippen LogP contribution in [0.15, 0.2) is 152 Å². The van der Waals surface area contributed by atoms with E-state index in [4.69, 9.17) is 0 Å². The molecule has 11 aromatic rings. The Bertz CT molecular complexity index is 3250. The molecular weight excluding hydrogens is 591 g/mol. The maximum atomic E-state index is 2.67. The van der Waals surface area contributed by atoms with Crippen molar-refractivity contribution in [2.24, 2.45) is 0 Å². The highest BCUT2D eigenvalue weighted by Crippen LogP contribution is 2.49. The van der Waals surface area contributed by atoms with Gasteiger partial charge >= 0.3 is 6.85 Å². The van der Waals surface area contributed by atoms with Crippen LogP contribution in [0.3, 0.4) is 0 Å². The van der Waals surface area contributed by atoms with Crippen molar-refractivity contribution in [1.29, 1.82) is 0 Å². The minimum atomic E-state index is 0.0504. The lowest BCUT2D eigenvalue weighted by atomic mass is 9.45. The van der Waals surface area contributed by atoms with E-state index >= 15 is 0 Å². The molecule has 0 spiro atoms. The minimum absolute atomic E-state index is 0.0504. The van der Waals surface area contributed by atoms with Gasteiger partial charge in [-0.1, -0.05) is 127 Å². The van der Waals surface area contributed by atoms with Gasteiger partial charge in [-0.2, -0.15) is 0 Å². The molecule has 4 heterocycles. The van der Waals surface area contributed by atoms with Crippen LogP contribution >= 0.6 is 0 Å². The van der Waals surface area contributed by atoms with Gasteiger partial charge in [0.15, 0.2) is 0 Å². The average molecular weight is 617 g/mol. The Morgan fingerprint density at radius 1 is 0.429 bits per heavy atom. The summed E-state index contributed by atoms with van der Waals surface area (Å²) in [7, 11) is 0.